The molecular weight excluding hydrogens is 456 g/mol. The number of fused-ring (bicyclic) bond motifs is 1. The number of hydrogen-bond acceptors (Lipinski definition) is 9. The van der Waals surface area contributed by atoms with Gasteiger partial charge in [-0.15, -0.1) is 0 Å². The first kappa shape index (κ1) is 22.4. The Morgan fingerprint density at radius 2 is 1.94 bits per heavy atom. The van der Waals surface area contributed by atoms with E-state index >= 15 is 0 Å². The lowest BCUT2D eigenvalue weighted by molar-refractivity contribution is -0.384. The van der Waals surface area contributed by atoms with Gasteiger partial charge in [0, 0.05) is 35.9 Å². The van der Waals surface area contributed by atoms with Crippen molar-refractivity contribution in [2.75, 3.05) is 19.5 Å². The van der Waals surface area contributed by atoms with Crippen LogP contribution in [0.4, 0.5) is 11.4 Å². The van der Waals surface area contributed by atoms with Crippen molar-refractivity contribution < 1.29 is 33.8 Å². The summed E-state index contributed by atoms with van der Waals surface area (Å²) in [5.41, 5.74) is -1.60. The Hall–Kier alpha value is -3.79. The first-order valence-corrected chi connectivity index (χ1v) is 10.2. The highest BCUT2D eigenvalue weighted by molar-refractivity contribution is 6.36. The van der Waals surface area contributed by atoms with Gasteiger partial charge in [-0.25, -0.2) is 0 Å². The summed E-state index contributed by atoms with van der Waals surface area (Å²) in [5.74, 6) is -1.68. The summed E-state index contributed by atoms with van der Waals surface area (Å²) in [6, 6.07) is 4.94. The van der Waals surface area contributed by atoms with Crippen LogP contribution in [0.2, 0.25) is 5.02 Å². The summed E-state index contributed by atoms with van der Waals surface area (Å²) in [6.07, 6.45) is 1.37. The molecule has 0 saturated carbocycles. The largest absolute Gasteiger partial charge is 0.506 e. The predicted molar refractivity (Wildman–Crippen MR) is 118 cm³/mol. The summed E-state index contributed by atoms with van der Waals surface area (Å²) in [6.45, 7) is 1.67. The molecule has 2 atom stereocenters. The fourth-order valence-electron chi connectivity index (χ4n) is 4.13. The van der Waals surface area contributed by atoms with Crippen LogP contribution in [0.5, 0.6) is 23.0 Å². The molecule has 0 fully saturated rings. The van der Waals surface area contributed by atoms with Crippen molar-refractivity contribution in [3.05, 3.63) is 56.7 Å². The molecule has 1 aliphatic heterocycles. The minimum Gasteiger partial charge on any atom is -0.506 e. The lowest BCUT2D eigenvalue weighted by Gasteiger charge is -2.35. The van der Waals surface area contributed by atoms with Crippen LogP contribution >= 0.6 is 11.6 Å². The number of halogens is 1. The molecule has 172 valence electrons. The number of carbonyl (C=O) groups excluding carboxylic acids is 2. The van der Waals surface area contributed by atoms with Gasteiger partial charge in [-0.1, -0.05) is 18.5 Å². The lowest BCUT2D eigenvalue weighted by Crippen LogP contribution is -2.55. The van der Waals surface area contributed by atoms with Crippen LogP contribution in [-0.4, -0.2) is 41.4 Å². The predicted octanol–water partition coefficient (Wildman–Crippen LogP) is 3.89. The number of methoxy groups -OCH3 is 2. The second kappa shape index (κ2) is 7.96. The quantitative estimate of drug-likeness (QED) is 0.286. The van der Waals surface area contributed by atoms with Gasteiger partial charge in [0.05, 0.1) is 24.8 Å². The fourth-order valence-corrected chi connectivity index (χ4v) is 4.39. The second-order valence-electron chi connectivity index (χ2n) is 7.69. The number of hydrogen-bond donors (Lipinski definition) is 2. The minimum atomic E-state index is -1.85. The minimum absolute atomic E-state index is 0.0132. The maximum absolute atomic E-state index is 13.5. The zero-order valence-electron chi connectivity index (χ0n) is 17.8. The van der Waals surface area contributed by atoms with Crippen molar-refractivity contribution >= 4 is 34.5 Å². The Morgan fingerprint density at radius 3 is 2.55 bits per heavy atom. The molecule has 11 heteroatoms. The number of carbonyl (C=O) groups is 2. The first-order chi connectivity index (χ1) is 15.6. The Kier molecular flexibility index (Phi) is 5.41. The molecule has 0 bridgehead atoms. The van der Waals surface area contributed by atoms with Crippen molar-refractivity contribution in [3.63, 3.8) is 0 Å². The third-order valence-corrected chi connectivity index (χ3v) is 6.15. The number of nitro groups is 1. The molecule has 0 aromatic heterocycles. The number of nitro benzene ring substituents is 1. The van der Waals surface area contributed by atoms with Crippen molar-refractivity contribution in [1.29, 1.82) is 0 Å². The highest BCUT2D eigenvalue weighted by Crippen LogP contribution is 2.53. The molecule has 4 rings (SSSR count). The highest BCUT2D eigenvalue weighted by Gasteiger charge is 2.60. The molecule has 10 nitrogen and oxygen atoms in total. The standard InChI is InChI=1S/C22H19ClN2O8/c1-10-6-11(24-13-8-12(25(29)30)4-5-14(13)26)7-17(27)22(10)21(28)18-15(31-2)9-16(32-3)19(23)20(18)33-22/h4-5,7-10,24,26H,6H2,1-3H3/t10-,22+/m1/s1. The molecule has 0 amide bonds. The number of rotatable bonds is 5. The summed E-state index contributed by atoms with van der Waals surface area (Å²) in [7, 11) is 2.78. The molecule has 0 unspecified atom stereocenters. The zero-order valence-corrected chi connectivity index (χ0v) is 18.6. The molecule has 2 N–H and O–H groups in total. The van der Waals surface area contributed by atoms with Gasteiger partial charge in [0.1, 0.15) is 27.8 Å². The third-order valence-electron chi connectivity index (χ3n) is 5.80. The first-order valence-electron chi connectivity index (χ1n) is 9.81. The summed E-state index contributed by atoms with van der Waals surface area (Å²) < 4.78 is 16.5. The van der Waals surface area contributed by atoms with Gasteiger partial charge in [0.25, 0.3) is 5.69 Å². The van der Waals surface area contributed by atoms with Crippen LogP contribution in [0.15, 0.2) is 36.0 Å². The number of aromatic hydroxyl groups is 1. The van der Waals surface area contributed by atoms with Crippen LogP contribution in [0.25, 0.3) is 0 Å². The van der Waals surface area contributed by atoms with Gasteiger partial charge in [-0.05, 0) is 12.5 Å². The normalized spacial score (nSPS) is 21.3. The zero-order chi connectivity index (χ0) is 24.1. The van der Waals surface area contributed by atoms with E-state index in [-0.39, 0.29) is 51.4 Å². The van der Waals surface area contributed by atoms with Gasteiger partial charge < -0.3 is 24.6 Å². The van der Waals surface area contributed by atoms with Crippen LogP contribution in [-0.2, 0) is 4.79 Å². The molecule has 1 aliphatic carbocycles. The molecule has 2 aromatic carbocycles. The molecule has 33 heavy (non-hydrogen) atoms. The number of allylic oxidation sites excluding steroid dienone is 1. The van der Waals surface area contributed by atoms with Crippen LogP contribution in [0, 0.1) is 16.0 Å². The SMILES string of the molecule is COc1cc(OC)c2c(c1Cl)O[C@@]1(C(=O)C=C(Nc3cc([N+](=O)[O-])ccc3O)C[C@H]1C)C2=O. The van der Waals surface area contributed by atoms with Crippen LogP contribution in [0.1, 0.15) is 23.7 Å². The molecule has 0 radical (unpaired) electrons. The Balaban J connectivity index is 1.72. The van der Waals surface area contributed by atoms with E-state index in [0.717, 1.165) is 12.1 Å². The number of benzene rings is 2. The van der Waals surface area contributed by atoms with E-state index in [1.807, 2.05) is 0 Å². The van der Waals surface area contributed by atoms with Gasteiger partial charge >= 0.3 is 0 Å². The van der Waals surface area contributed by atoms with E-state index in [1.165, 1.54) is 32.4 Å². The van der Waals surface area contributed by atoms with Crippen molar-refractivity contribution in [1.82, 2.24) is 0 Å². The van der Waals surface area contributed by atoms with E-state index in [2.05, 4.69) is 5.32 Å². The average Bonchev–Trinajstić information content (AvgIpc) is 3.09. The molecular formula is C22H19ClN2O8. The third kappa shape index (κ3) is 3.34. The van der Waals surface area contributed by atoms with Crippen molar-refractivity contribution in [2.45, 2.75) is 18.9 Å². The number of ether oxygens (including phenoxy) is 3. The monoisotopic (exact) mass is 474 g/mol. The highest BCUT2D eigenvalue weighted by atomic mass is 35.5. The fraction of sp³-hybridized carbons (Fsp3) is 0.273. The van der Waals surface area contributed by atoms with Crippen molar-refractivity contribution in [2.24, 2.45) is 5.92 Å². The smallest absolute Gasteiger partial charge is 0.271 e. The Bertz CT molecular complexity index is 1240. The van der Waals surface area contributed by atoms with E-state index < -0.39 is 28.0 Å². The Labute approximate surface area is 192 Å². The van der Waals surface area contributed by atoms with Gasteiger partial charge in [0.2, 0.25) is 17.2 Å². The second-order valence-corrected chi connectivity index (χ2v) is 8.07. The number of phenols is 1. The van der Waals surface area contributed by atoms with Crippen LogP contribution < -0.4 is 19.5 Å². The molecule has 1 spiro atoms. The summed E-state index contributed by atoms with van der Waals surface area (Å²) in [4.78, 5) is 37.2. The van der Waals surface area contributed by atoms with E-state index in [9.17, 15) is 24.8 Å². The maximum Gasteiger partial charge on any atom is 0.271 e. The molecule has 0 saturated heterocycles. The van der Waals surface area contributed by atoms with Gasteiger partial charge in [-0.3, -0.25) is 19.7 Å². The number of ketones is 2. The van der Waals surface area contributed by atoms with Gasteiger partial charge in [-0.2, -0.15) is 0 Å². The number of phenolic OH excluding ortho intramolecular Hbond substituents is 1. The number of non-ortho nitro benzene ring substituents is 1. The lowest BCUT2D eigenvalue weighted by atomic mass is 9.74. The van der Waals surface area contributed by atoms with Crippen LogP contribution in [0.3, 0.4) is 0 Å². The van der Waals surface area contributed by atoms with Gasteiger partial charge in [0.15, 0.2) is 5.75 Å². The van der Waals surface area contributed by atoms with E-state index in [1.54, 1.807) is 6.92 Å². The summed E-state index contributed by atoms with van der Waals surface area (Å²) >= 11 is 6.36. The number of nitrogens with one attached hydrogen (secondary N) is 1. The average molecular weight is 475 g/mol. The molecule has 2 aromatic rings. The van der Waals surface area contributed by atoms with E-state index in [4.69, 9.17) is 25.8 Å². The Morgan fingerprint density at radius 1 is 1.24 bits per heavy atom. The van der Waals surface area contributed by atoms with Crippen molar-refractivity contribution in [3.8, 4) is 23.0 Å². The number of Topliss-reactive ketones (excluding diaryl/α,β-unsaturated/α-hetero) is 1. The summed E-state index contributed by atoms with van der Waals surface area (Å²) in [5, 5.41) is 24.0. The van der Waals surface area contributed by atoms with E-state index in [0.29, 0.717) is 5.70 Å². The number of anilines is 1. The topological polar surface area (TPSA) is 137 Å². The number of nitrogens with zero attached hydrogens (tertiary/aromatic N) is 1. The molecule has 2 aliphatic rings. The maximum atomic E-state index is 13.5. The molecule has 1 heterocycles.